The van der Waals surface area contributed by atoms with Crippen molar-refractivity contribution < 1.29 is 0 Å². The molecule has 0 heterocycles. The van der Waals surface area contributed by atoms with Crippen molar-refractivity contribution in [2.24, 2.45) is 27.2 Å². The largest absolute Gasteiger partial charge is 0.370 e. The van der Waals surface area contributed by atoms with Gasteiger partial charge in [0, 0.05) is 5.02 Å². The zero-order chi connectivity index (χ0) is 11.4. The summed E-state index contributed by atoms with van der Waals surface area (Å²) in [5.74, 6) is -0.135. The van der Waals surface area contributed by atoms with Gasteiger partial charge in [-0.15, -0.1) is 12.4 Å². The maximum absolute atomic E-state index is 5.91. The van der Waals surface area contributed by atoms with Gasteiger partial charge in [0.2, 0.25) is 5.96 Å². The fraction of sp³-hybridized carbons (Fsp3) is 0.111. The number of guanidine groups is 2. The van der Waals surface area contributed by atoms with Crippen molar-refractivity contribution >= 4 is 41.6 Å². The van der Waals surface area contributed by atoms with Gasteiger partial charge in [-0.2, -0.15) is 4.99 Å². The predicted molar refractivity (Wildman–Crippen MR) is 70.5 cm³/mol. The highest BCUT2D eigenvalue weighted by Crippen LogP contribution is 2.21. The van der Waals surface area contributed by atoms with E-state index in [1.807, 2.05) is 13.0 Å². The lowest BCUT2D eigenvalue weighted by atomic mass is 10.2. The van der Waals surface area contributed by atoms with E-state index in [1.54, 1.807) is 12.1 Å². The van der Waals surface area contributed by atoms with Gasteiger partial charge < -0.3 is 17.2 Å². The quantitative estimate of drug-likeness (QED) is 0.524. The molecule has 16 heavy (non-hydrogen) atoms. The van der Waals surface area contributed by atoms with Gasteiger partial charge in [0.25, 0.3) is 0 Å². The van der Waals surface area contributed by atoms with Crippen LogP contribution >= 0.6 is 24.0 Å². The monoisotopic (exact) mass is 261 g/mol. The van der Waals surface area contributed by atoms with Crippen molar-refractivity contribution in [1.29, 1.82) is 0 Å². The summed E-state index contributed by atoms with van der Waals surface area (Å²) in [6.07, 6.45) is 0. The van der Waals surface area contributed by atoms with Crippen LogP contribution in [0.25, 0.3) is 0 Å². The summed E-state index contributed by atoms with van der Waals surface area (Å²) in [7, 11) is 0. The fourth-order valence-corrected chi connectivity index (χ4v) is 1.12. The molecule has 0 aliphatic rings. The predicted octanol–water partition coefficient (Wildman–Crippen LogP) is 1.29. The molecule has 5 nitrogen and oxygen atoms in total. The first-order valence-electron chi connectivity index (χ1n) is 4.19. The smallest absolute Gasteiger partial charge is 0.223 e. The molecule has 0 aliphatic carbocycles. The lowest BCUT2D eigenvalue weighted by Crippen LogP contribution is -2.26. The van der Waals surface area contributed by atoms with Gasteiger partial charge in [-0.05, 0) is 24.6 Å². The molecule has 0 radical (unpaired) electrons. The summed E-state index contributed by atoms with van der Waals surface area (Å²) in [5, 5.41) is 0.619. The van der Waals surface area contributed by atoms with Gasteiger partial charge in [-0.1, -0.05) is 17.7 Å². The topological polar surface area (TPSA) is 103 Å². The summed E-state index contributed by atoms with van der Waals surface area (Å²) in [5.41, 5.74) is 17.3. The molecule has 0 amide bonds. The van der Waals surface area contributed by atoms with E-state index in [0.717, 1.165) is 5.56 Å². The van der Waals surface area contributed by atoms with E-state index >= 15 is 0 Å². The van der Waals surface area contributed by atoms with Gasteiger partial charge in [0.05, 0.1) is 5.69 Å². The van der Waals surface area contributed by atoms with E-state index in [4.69, 9.17) is 28.8 Å². The highest BCUT2D eigenvalue weighted by Gasteiger charge is 1.97. The number of hydrogen-bond donors (Lipinski definition) is 3. The zero-order valence-corrected chi connectivity index (χ0v) is 10.2. The number of aryl methyl sites for hydroxylation is 1. The number of benzene rings is 1. The fourth-order valence-electron chi connectivity index (χ4n) is 0.941. The van der Waals surface area contributed by atoms with Crippen molar-refractivity contribution in [1.82, 2.24) is 0 Å². The van der Waals surface area contributed by atoms with Crippen LogP contribution in [0.2, 0.25) is 5.02 Å². The summed E-state index contributed by atoms with van der Waals surface area (Å²) < 4.78 is 0. The average molecular weight is 262 g/mol. The van der Waals surface area contributed by atoms with Crippen LogP contribution in [-0.4, -0.2) is 11.9 Å². The molecule has 0 fully saturated rings. The van der Waals surface area contributed by atoms with Gasteiger partial charge in [-0.3, -0.25) is 0 Å². The average Bonchev–Trinajstić information content (AvgIpc) is 2.10. The number of rotatable bonds is 1. The minimum Gasteiger partial charge on any atom is -0.370 e. The third-order valence-corrected chi connectivity index (χ3v) is 2.05. The molecular weight excluding hydrogens is 249 g/mol. The maximum Gasteiger partial charge on any atom is 0.223 e. The van der Waals surface area contributed by atoms with Crippen molar-refractivity contribution in [3.63, 3.8) is 0 Å². The number of halogens is 2. The molecule has 0 aromatic heterocycles. The molecule has 6 N–H and O–H groups in total. The van der Waals surface area contributed by atoms with Gasteiger partial charge >= 0.3 is 0 Å². The van der Waals surface area contributed by atoms with E-state index in [0.29, 0.717) is 10.7 Å². The second-order valence-electron chi connectivity index (χ2n) is 2.94. The van der Waals surface area contributed by atoms with Crippen LogP contribution in [0.1, 0.15) is 5.56 Å². The first-order chi connectivity index (χ1) is 6.99. The van der Waals surface area contributed by atoms with Gasteiger partial charge in [0.1, 0.15) is 0 Å². The molecule has 1 aromatic carbocycles. The SMILES string of the molecule is Cc1ccc(N=C(N)N=C(N)N)cc1Cl.Cl. The molecule has 0 spiro atoms. The van der Waals surface area contributed by atoms with E-state index in [9.17, 15) is 0 Å². The van der Waals surface area contributed by atoms with E-state index < -0.39 is 0 Å². The Bertz CT molecular complexity index is 424. The Labute approximate surface area is 105 Å². The molecular formula is C9H13Cl2N5. The second-order valence-corrected chi connectivity index (χ2v) is 3.35. The lowest BCUT2D eigenvalue weighted by molar-refractivity contribution is 1.37. The lowest BCUT2D eigenvalue weighted by Gasteiger charge is -1.99. The Morgan fingerprint density at radius 3 is 2.38 bits per heavy atom. The van der Waals surface area contributed by atoms with Crippen LogP contribution in [-0.2, 0) is 0 Å². The first-order valence-corrected chi connectivity index (χ1v) is 4.57. The normalized spacial score (nSPS) is 10.5. The molecule has 0 saturated heterocycles. The molecule has 0 aliphatic heterocycles. The van der Waals surface area contributed by atoms with E-state index in [-0.39, 0.29) is 24.3 Å². The van der Waals surface area contributed by atoms with Crippen molar-refractivity contribution in [3.8, 4) is 0 Å². The van der Waals surface area contributed by atoms with Crippen LogP contribution in [0, 0.1) is 6.92 Å². The Morgan fingerprint density at radius 2 is 1.88 bits per heavy atom. The van der Waals surface area contributed by atoms with Crippen molar-refractivity contribution in [2.45, 2.75) is 6.92 Å². The summed E-state index contributed by atoms with van der Waals surface area (Å²) in [4.78, 5) is 7.55. The maximum atomic E-state index is 5.91. The molecule has 7 heteroatoms. The van der Waals surface area contributed by atoms with E-state index in [1.165, 1.54) is 0 Å². The highest BCUT2D eigenvalue weighted by atomic mass is 35.5. The molecule has 1 rings (SSSR count). The molecule has 88 valence electrons. The second kappa shape index (κ2) is 6.19. The number of hydrogen-bond acceptors (Lipinski definition) is 1. The summed E-state index contributed by atoms with van der Waals surface area (Å²) in [6, 6.07) is 5.30. The van der Waals surface area contributed by atoms with Gasteiger partial charge in [0.15, 0.2) is 5.96 Å². The Morgan fingerprint density at radius 1 is 1.25 bits per heavy atom. The van der Waals surface area contributed by atoms with Crippen molar-refractivity contribution in [3.05, 3.63) is 28.8 Å². The Hall–Kier alpha value is -1.46. The van der Waals surface area contributed by atoms with Crippen LogP contribution in [0.4, 0.5) is 5.69 Å². The van der Waals surface area contributed by atoms with E-state index in [2.05, 4.69) is 9.98 Å². The highest BCUT2D eigenvalue weighted by molar-refractivity contribution is 6.31. The van der Waals surface area contributed by atoms with Gasteiger partial charge in [-0.25, -0.2) is 4.99 Å². The molecule has 0 unspecified atom stereocenters. The molecule has 1 aromatic rings. The van der Waals surface area contributed by atoms with Crippen LogP contribution < -0.4 is 17.2 Å². The standard InChI is InChI=1S/C9H12ClN5.ClH/c1-5-2-3-6(4-7(5)10)14-9(13)15-8(11)12;/h2-4H,1H3,(H6,11,12,13,14,15);1H. The molecule has 0 bridgehead atoms. The number of nitrogens with zero attached hydrogens (tertiary/aromatic N) is 2. The Kier molecular flexibility index (Phi) is 5.63. The van der Waals surface area contributed by atoms with Crippen LogP contribution in [0.3, 0.4) is 0 Å². The summed E-state index contributed by atoms with van der Waals surface area (Å²) >= 11 is 5.91. The number of aliphatic imine (C=N–C) groups is 2. The minimum atomic E-state index is -0.130. The number of nitrogens with two attached hydrogens (primary N) is 3. The first kappa shape index (κ1) is 14.5. The van der Waals surface area contributed by atoms with Crippen molar-refractivity contribution in [2.75, 3.05) is 0 Å². The van der Waals surface area contributed by atoms with Crippen LogP contribution in [0.15, 0.2) is 28.2 Å². The third-order valence-electron chi connectivity index (χ3n) is 1.64. The molecule has 0 saturated carbocycles. The summed E-state index contributed by atoms with van der Waals surface area (Å²) in [6.45, 7) is 1.90. The molecule has 0 atom stereocenters. The van der Waals surface area contributed by atoms with Crippen LogP contribution in [0.5, 0.6) is 0 Å². The Balaban J connectivity index is 0.00000225. The third kappa shape index (κ3) is 4.37. The minimum absolute atomic E-state index is 0. The zero-order valence-electron chi connectivity index (χ0n) is 8.64.